The fraction of sp³-hybridized carbons (Fsp3) is 0.400. The van der Waals surface area contributed by atoms with E-state index in [1.807, 2.05) is 0 Å². The molecule has 0 unspecified atom stereocenters. The van der Waals surface area contributed by atoms with Crippen LogP contribution in [0.4, 0.5) is 0 Å². The Morgan fingerprint density at radius 2 is 1.86 bits per heavy atom. The number of hydrogen-bond donors (Lipinski definition) is 1. The Hall–Kier alpha value is -1.86. The molecule has 0 radical (unpaired) electrons. The van der Waals surface area contributed by atoms with Crippen LogP contribution in [0.5, 0.6) is 5.75 Å². The predicted molar refractivity (Wildman–Crippen MR) is 86.4 cm³/mol. The molecule has 0 aliphatic carbocycles. The normalized spacial score (nSPS) is 18.6. The summed E-state index contributed by atoms with van der Waals surface area (Å²) in [5.74, 6) is 1.08. The highest BCUT2D eigenvalue weighted by Gasteiger charge is 2.32. The van der Waals surface area contributed by atoms with E-state index in [9.17, 15) is 8.42 Å². The lowest BCUT2D eigenvalue weighted by Gasteiger charge is -2.04. The van der Waals surface area contributed by atoms with Crippen molar-refractivity contribution in [1.29, 1.82) is 0 Å². The van der Waals surface area contributed by atoms with Gasteiger partial charge < -0.3 is 9.47 Å². The van der Waals surface area contributed by atoms with Gasteiger partial charge in [-0.3, -0.25) is 9.71 Å². The van der Waals surface area contributed by atoms with E-state index in [2.05, 4.69) is 9.71 Å². The molecule has 22 heavy (non-hydrogen) atoms. The summed E-state index contributed by atoms with van der Waals surface area (Å²) in [4.78, 5) is 4.58. The van der Waals surface area contributed by atoms with E-state index in [0.717, 1.165) is 6.42 Å². The lowest BCUT2D eigenvalue weighted by Crippen LogP contribution is -2.23. The van der Waals surface area contributed by atoms with Crippen LogP contribution in [0.3, 0.4) is 0 Å². The number of aliphatic imine (C=N–C) groups is 1. The molecular weight excluding hydrogens is 304 g/mol. The maximum atomic E-state index is 12.3. The second-order valence-electron chi connectivity index (χ2n) is 4.86. The third-order valence-electron chi connectivity index (χ3n) is 3.32. The zero-order valence-electron chi connectivity index (χ0n) is 12.9. The number of nitrogens with one attached hydrogen (secondary N) is 1. The van der Waals surface area contributed by atoms with Crippen molar-refractivity contribution in [2.24, 2.45) is 4.99 Å². The Kier molecular flexibility index (Phi) is 5.20. The zero-order chi connectivity index (χ0) is 16.2. The molecule has 1 aromatic rings. The number of benzene rings is 1. The summed E-state index contributed by atoms with van der Waals surface area (Å²) in [7, 11) is -0.383. The van der Waals surface area contributed by atoms with Crippen molar-refractivity contribution in [3.8, 4) is 5.75 Å². The summed E-state index contributed by atoms with van der Waals surface area (Å²) >= 11 is 0. The quantitative estimate of drug-likeness (QED) is 0.809. The second kappa shape index (κ2) is 6.93. The summed E-state index contributed by atoms with van der Waals surface area (Å²) in [6, 6.07) is 6.92. The standard InChI is InChI=1S/C15H20N2O4S/c1-11-14(12-5-7-13(21-3)8-6-12)22(18,19)17-15(11)16-9-4-10-20-2/h5-8H,4,9-10H2,1-3H3,(H,16,17). The van der Waals surface area contributed by atoms with Gasteiger partial charge in [-0.25, -0.2) is 8.42 Å². The summed E-state index contributed by atoms with van der Waals surface area (Å²) < 4.78 is 37.2. The SMILES string of the molecule is COCCCN=C1NS(=O)(=O)C(c2ccc(OC)cc2)=C1C. The summed E-state index contributed by atoms with van der Waals surface area (Å²) in [6.45, 7) is 2.86. The Bertz CT molecular complexity index is 691. The van der Waals surface area contributed by atoms with E-state index in [1.54, 1.807) is 45.4 Å². The van der Waals surface area contributed by atoms with E-state index < -0.39 is 10.0 Å². The van der Waals surface area contributed by atoms with E-state index >= 15 is 0 Å². The van der Waals surface area contributed by atoms with Crippen molar-refractivity contribution in [2.45, 2.75) is 13.3 Å². The number of ether oxygens (including phenoxy) is 2. The van der Waals surface area contributed by atoms with Crippen molar-refractivity contribution in [3.63, 3.8) is 0 Å². The average molecular weight is 324 g/mol. The molecule has 7 heteroatoms. The summed E-state index contributed by atoms with van der Waals surface area (Å²) in [5, 5.41) is 0. The molecule has 0 saturated carbocycles. The van der Waals surface area contributed by atoms with Crippen LogP contribution in [0, 0.1) is 0 Å². The van der Waals surface area contributed by atoms with Crippen LogP contribution in [-0.2, 0) is 14.8 Å². The molecule has 6 nitrogen and oxygen atoms in total. The van der Waals surface area contributed by atoms with Gasteiger partial charge >= 0.3 is 0 Å². The number of sulfonamides is 1. The molecule has 2 rings (SSSR count). The largest absolute Gasteiger partial charge is 0.497 e. The number of rotatable bonds is 6. The van der Waals surface area contributed by atoms with Crippen molar-refractivity contribution in [3.05, 3.63) is 35.4 Å². The van der Waals surface area contributed by atoms with E-state index in [0.29, 0.717) is 35.9 Å². The molecule has 1 aliphatic heterocycles. The Labute approximate surface area is 130 Å². The predicted octanol–water partition coefficient (Wildman–Crippen LogP) is 1.79. The summed E-state index contributed by atoms with van der Waals surface area (Å²) in [6.07, 6.45) is 0.743. The van der Waals surface area contributed by atoms with Gasteiger partial charge in [0.25, 0.3) is 10.0 Å². The zero-order valence-corrected chi connectivity index (χ0v) is 13.7. The van der Waals surface area contributed by atoms with Crippen LogP contribution in [0.2, 0.25) is 0 Å². The maximum absolute atomic E-state index is 12.3. The van der Waals surface area contributed by atoms with Crippen LogP contribution in [0.1, 0.15) is 18.9 Å². The van der Waals surface area contributed by atoms with E-state index in [4.69, 9.17) is 9.47 Å². The Morgan fingerprint density at radius 1 is 1.18 bits per heavy atom. The average Bonchev–Trinajstić information content (AvgIpc) is 2.73. The molecule has 1 N–H and O–H groups in total. The van der Waals surface area contributed by atoms with Gasteiger partial charge in [0, 0.05) is 25.8 Å². The van der Waals surface area contributed by atoms with Gasteiger partial charge in [-0.1, -0.05) is 0 Å². The first-order valence-corrected chi connectivity index (χ1v) is 8.40. The van der Waals surface area contributed by atoms with E-state index in [-0.39, 0.29) is 4.91 Å². The van der Waals surface area contributed by atoms with Gasteiger partial charge in [0.1, 0.15) is 16.5 Å². The third kappa shape index (κ3) is 3.48. The van der Waals surface area contributed by atoms with Crippen LogP contribution in [0.25, 0.3) is 4.91 Å². The van der Waals surface area contributed by atoms with Crippen LogP contribution >= 0.6 is 0 Å². The topological polar surface area (TPSA) is 77.0 Å². The lowest BCUT2D eigenvalue weighted by molar-refractivity contribution is 0.197. The van der Waals surface area contributed by atoms with Gasteiger partial charge in [-0.05, 0) is 43.2 Å². The molecule has 0 amide bonds. The number of methoxy groups -OCH3 is 2. The number of nitrogens with zero attached hydrogens (tertiary/aromatic N) is 1. The van der Waals surface area contributed by atoms with Crippen molar-refractivity contribution in [2.75, 3.05) is 27.4 Å². The minimum Gasteiger partial charge on any atom is -0.497 e. The highest BCUT2D eigenvalue weighted by Crippen LogP contribution is 2.30. The fourth-order valence-corrected chi connectivity index (χ4v) is 3.75. The maximum Gasteiger partial charge on any atom is 0.264 e. The molecule has 0 spiro atoms. The molecule has 1 heterocycles. The van der Waals surface area contributed by atoms with Crippen LogP contribution in [-0.4, -0.2) is 41.6 Å². The molecule has 0 fully saturated rings. The molecule has 0 bridgehead atoms. The minimum absolute atomic E-state index is 0.264. The first kappa shape index (κ1) is 16.5. The molecular formula is C15H20N2O4S. The van der Waals surface area contributed by atoms with Gasteiger partial charge in [-0.2, -0.15) is 0 Å². The van der Waals surface area contributed by atoms with E-state index in [1.165, 1.54) is 0 Å². The molecule has 0 atom stereocenters. The van der Waals surface area contributed by atoms with Gasteiger partial charge in [0.15, 0.2) is 0 Å². The third-order valence-corrected chi connectivity index (χ3v) is 4.87. The smallest absolute Gasteiger partial charge is 0.264 e. The monoisotopic (exact) mass is 324 g/mol. The molecule has 120 valence electrons. The van der Waals surface area contributed by atoms with Crippen LogP contribution < -0.4 is 9.46 Å². The van der Waals surface area contributed by atoms with Gasteiger partial charge in [0.05, 0.1) is 7.11 Å². The molecule has 1 aliphatic rings. The minimum atomic E-state index is -3.57. The molecule has 0 aromatic heterocycles. The Morgan fingerprint density at radius 3 is 2.45 bits per heavy atom. The Balaban J connectivity index is 2.31. The molecule has 1 aromatic carbocycles. The van der Waals surface area contributed by atoms with Gasteiger partial charge in [0.2, 0.25) is 0 Å². The number of hydrogen-bond acceptors (Lipinski definition) is 5. The highest BCUT2D eigenvalue weighted by molar-refractivity contribution is 8.00. The molecule has 0 saturated heterocycles. The first-order valence-electron chi connectivity index (χ1n) is 6.91. The first-order chi connectivity index (χ1) is 10.5. The van der Waals surface area contributed by atoms with Crippen molar-refractivity contribution >= 4 is 20.8 Å². The van der Waals surface area contributed by atoms with Crippen molar-refractivity contribution in [1.82, 2.24) is 4.72 Å². The fourth-order valence-electron chi connectivity index (χ4n) is 2.23. The number of amidine groups is 1. The lowest BCUT2D eigenvalue weighted by atomic mass is 10.1. The van der Waals surface area contributed by atoms with Crippen molar-refractivity contribution < 1.29 is 17.9 Å². The van der Waals surface area contributed by atoms with Gasteiger partial charge in [-0.15, -0.1) is 0 Å². The highest BCUT2D eigenvalue weighted by atomic mass is 32.2. The van der Waals surface area contributed by atoms with Crippen LogP contribution in [0.15, 0.2) is 34.8 Å². The second-order valence-corrected chi connectivity index (χ2v) is 6.48. The summed E-state index contributed by atoms with van der Waals surface area (Å²) in [5.41, 5.74) is 1.25.